The van der Waals surface area contributed by atoms with E-state index in [4.69, 9.17) is 4.55 Å². The summed E-state index contributed by atoms with van der Waals surface area (Å²) in [6.07, 6.45) is 0. The summed E-state index contributed by atoms with van der Waals surface area (Å²) in [7, 11) is -7.71. The quantitative estimate of drug-likeness (QED) is 0.445. The van der Waals surface area contributed by atoms with Gasteiger partial charge in [-0.05, 0) is 0 Å². The van der Waals surface area contributed by atoms with Crippen molar-refractivity contribution in [2.75, 3.05) is 7.11 Å². The first-order chi connectivity index (χ1) is 11.0. The fourth-order valence-electron chi connectivity index (χ4n) is 1.13. The molecule has 0 amide bonds. The lowest BCUT2D eigenvalue weighted by Crippen LogP contribution is -2.72. The van der Waals surface area contributed by atoms with Gasteiger partial charge in [-0.25, -0.2) is 4.21 Å². The Bertz CT molecular complexity index is 671. The van der Waals surface area contributed by atoms with Crippen molar-refractivity contribution in [1.82, 2.24) is 0 Å². The van der Waals surface area contributed by atoms with Gasteiger partial charge in [-0.2, -0.15) is 61.1 Å². The van der Waals surface area contributed by atoms with Crippen LogP contribution in [0.25, 0.3) is 0 Å². The van der Waals surface area contributed by atoms with E-state index in [1.807, 2.05) is 0 Å². The van der Waals surface area contributed by atoms with Crippen molar-refractivity contribution in [3.8, 4) is 0 Å². The normalized spacial score (nSPS) is 17.3. The molecule has 0 fully saturated rings. The van der Waals surface area contributed by atoms with Crippen molar-refractivity contribution in [3.63, 3.8) is 0 Å². The zero-order valence-corrected chi connectivity index (χ0v) is 13.1. The average Bonchev–Trinajstić information content (AvgIpc) is 2.43. The van der Waals surface area contributed by atoms with Gasteiger partial charge in [0.1, 0.15) is 0 Å². The van der Waals surface area contributed by atoms with Gasteiger partial charge in [0, 0.05) is 0 Å². The van der Waals surface area contributed by atoms with Crippen LogP contribution in [0.15, 0.2) is 0 Å². The fraction of sp³-hybridized carbons (Fsp3) is 1.00. The average molecular weight is 460 g/mol. The Kier molecular flexibility index (Phi) is 6.16. The molecule has 0 aromatic rings. The molecular formula is C7H4F12O5S2. The summed E-state index contributed by atoms with van der Waals surface area (Å²) in [6.45, 7) is 0. The van der Waals surface area contributed by atoms with E-state index in [0.29, 0.717) is 0 Å². The van der Waals surface area contributed by atoms with Crippen LogP contribution in [-0.4, -0.2) is 58.5 Å². The molecule has 0 saturated heterocycles. The molecule has 1 N–H and O–H groups in total. The molecule has 5 nitrogen and oxygen atoms in total. The predicted molar refractivity (Wildman–Crippen MR) is 56.4 cm³/mol. The number of hydrogen-bond donors (Lipinski definition) is 1. The van der Waals surface area contributed by atoms with E-state index in [-0.39, 0.29) is 7.11 Å². The molecule has 0 spiro atoms. The highest BCUT2D eigenvalue weighted by molar-refractivity contribution is 7.87. The Hall–Kier alpha value is -0.820. The van der Waals surface area contributed by atoms with Gasteiger partial charge in [-0.1, -0.05) is 0 Å². The Morgan fingerprint density at radius 3 is 1.31 bits per heavy atom. The predicted octanol–water partition coefficient (Wildman–Crippen LogP) is 2.91. The molecule has 19 heteroatoms. The molecule has 1 atom stereocenters. The largest absolute Gasteiger partial charge is 0.438 e. The van der Waals surface area contributed by atoms with Crippen LogP contribution in [-0.2, 0) is 25.4 Å². The first-order valence-electron chi connectivity index (χ1n) is 5.18. The van der Waals surface area contributed by atoms with Gasteiger partial charge in [-0.15, -0.1) is 0 Å². The van der Waals surface area contributed by atoms with E-state index in [1.165, 1.54) is 0 Å². The summed E-state index contributed by atoms with van der Waals surface area (Å²) in [5, 5.41) is -14.4. The van der Waals surface area contributed by atoms with Crippen LogP contribution in [0.2, 0.25) is 0 Å². The van der Waals surface area contributed by atoms with Crippen molar-refractivity contribution >= 4 is 21.2 Å². The molecule has 0 aromatic carbocycles. The minimum atomic E-state index is -8.22. The van der Waals surface area contributed by atoms with Crippen molar-refractivity contribution in [2.45, 2.75) is 34.2 Å². The van der Waals surface area contributed by atoms with Crippen molar-refractivity contribution in [2.24, 2.45) is 0 Å². The highest BCUT2D eigenvalue weighted by atomic mass is 32.2. The van der Waals surface area contributed by atoms with E-state index in [0.717, 1.165) is 0 Å². The van der Waals surface area contributed by atoms with Crippen molar-refractivity contribution in [3.05, 3.63) is 0 Å². The zero-order valence-electron chi connectivity index (χ0n) is 11.4. The first kappa shape index (κ1) is 25.2. The standard InChI is InChI=1S/C7H4F12O5S2/c1-24-25(20)6(16,17)4(12,13)2(8,9)3(10,11)5(14,15)7(18,19)26(21,22)23/h1H3,(H,21,22,23). The lowest BCUT2D eigenvalue weighted by Gasteiger charge is -2.39. The van der Waals surface area contributed by atoms with Crippen LogP contribution in [0.1, 0.15) is 0 Å². The second-order valence-electron chi connectivity index (χ2n) is 4.21. The number of halogens is 12. The minimum Gasteiger partial charge on any atom is -0.289 e. The summed E-state index contributed by atoms with van der Waals surface area (Å²) in [6, 6.07) is 0. The molecule has 0 rings (SSSR count). The lowest BCUT2D eigenvalue weighted by atomic mass is 9.98. The van der Waals surface area contributed by atoms with Gasteiger partial charge in [0.2, 0.25) is 11.1 Å². The number of hydrogen-bond acceptors (Lipinski definition) is 4. The molecule has 0 aromatic heterocycles. The zero-order chi connectivity index (χ0) is 21.8. The van der Waals surface area contributed by atoms with Crippen molar-refractivity contribution in [1.29, 1.82) is 0 Å². The van der Waals surface area contributed by atoms with Gasteiger partial charge < -0.3 is 0 Å². The molecule has 0 heterocycles. The van der Waals surface area contributed by atoms with Crippen LogP contribution in [0.3, 0.4) is 0 Å². The smallest absolute Gasteiger partial charge is 0.289 e. The maximum atomic E-state index is 13.1. The van der Waals surface area contributed by atoms with E-state index in [1.54, 1.807) is 0 Å². The highest BCUT2D eigenvalue weighted by Gasteiger charge is 2.92. The van der Waals surface area contributed by atoms with Crippen LogP contribution < -0.4 is 0 Å². The lowest BCUT2D eigenvalue weighted by molar-refractivity contribution is -0.407. The Labute approximate surface area is 137 Å². The van der Waals surface area contributed by atoms with Crippen LogP contribution in [0.5, 0.6) is 0 Å². The Morgan fingerprint density at radius 2 is 1.04 bits per heavy atom. The third-order valence-electron chi connectivity index (χ3n) is 2.60. The summed E-state index contributed by atoms with van der Waals surface area (Å²) in [4.78, 5) is 0. The van der Waals surface area contributed by atoms with Gasteiger partial charge in [0.15, 0.2) is 0 Å². The minimum absolute atomic E-state index is 0.0858. The molecule has 0 aliphatic carbocycles. The van der Waals surface area contributed by atoms with E-state index in [2.05, 4.69) is 4.18 Å². The number of rotatable bonds is 8. The summed E-state index contributed by atoms with van der Waals surface area (Å²) in [5.74, 6) is -32.1. The molecule has 0 bridgehead atoms. The van der Waals surface area contributed by atoms with Crippen LogP contribution in [0, 0.1) is 0 Å². The first-order valence-corrected chi connectivity index (χ1v) is 7.70. The fourth-order valence-corrected chi connectivity index (χ4v) is 2.13. The topological polar surface area (TPSA) is 80.7 Å². The molecule has 26 heavy (non-hydrogen) atoms. The SMILES string of the molecule is COS(=O)C(F)(F)C(F)(F)C(F)(F)C(F)(F)C(F)(F)C(F)(F)S(=O)(=O)O. The summed E-state index contributed by atoms with van der Waals surface area (Å²) in [5.41, 5.74) is 0. The molecule has 1 unspecified atom stereocenters. The maximum absolute atomic E-state index is 13.1. The van der Waals surface area contributed by atoms with E-state index < -0.39 is 55.4 Å². The van der Waals surface area contributed by atoms with Crippen molar-refractivity contribution < 1.29 is 74.0 Å². The van der Waals surface area contributed by atoms with Gasteiger partial charge >= 0.3 is 44.3 Å². The van der Waals surface area contributed by atoms with Crippen LogP contribution in [0.4, 0.5) is 52.7 Å². The number of alkyl halides is 12. The highest BCUT2D eigenvalue weighted by Crippen LogP contribution is 2.61. The molecule has 0 aliphatic rings. The van der Waals surface area contributed by atoms with Gasteiger partial charge in [0.05, 0.1) is 7.11 Å². The monoisotopic (exact) mass is 460 g/mol. The van der Waals surface area contributed by atoms with E-state index >= 15 is 0 Å². The maximum Gasteiger partial charge on any atom is 0.438 e. The van der Waals surface area contributed by atoms with Gasteiger partial charge in [-0.3, -0.25) is 8.74 Å². The Balaban J connectivity index is 6.65. The Morgan fingerprint density at radius 1 is 0.731 bits per heavy atom. The third kappa shape index (κ3) is 3.05. The van der Waals surface area contributed by atoms with Gasteiger partial charge in [0.25, 0.3) is 0 Å². The molecule has 0 saturated carbocycles. The second kappa shape index (κ2) is 6.36. The second-order valence-corrected chi connectivity index (χ2v) is 6.99. The third-order valence-corrected chi connectivity index (χ3v) is 4.48. The molecule has 0 aliphatic heterocycles. The van der Waals surface area contributed by atoms with E-state index in [9.17, 15) is 65.3 Å². The summed E-state index contributed by atoms with van der Waals surface area (Å²) >= 11 is -4.85. The molecular weight excluding hydrogens is 456 g/mol. The van der Waals surface area contributed by atoms with Crippen LogP contribution >= 0.6 is 0 Å². The summed E-state index contributed by atoms with van der Waals surface area (Å²) < 4.78 is 197. The molecule has 0 radical (unpaired) electrons. The molecule has 158 valence electrons.